The maximum atomic E-state index is 4.05. The number of alkyl halides is 2. The van der Waals surface area contributed by atoms with Gasteiger partial charge in [0.2, 0.25) is 0 Å². The summed E-state index contributed by atoms with van der Waals surface area (Å²) >= 11 is 7.00. The normalized spacial score (nSPS) is 11.3. The fourth-order valence-corrected chi connectivity index (χ4v) is 3.94. The monoisotopic (exact) mass is 450 g/mol. The van der Waals surface area contributed by atoms with E-state index in [0.29, 0.717) is 0 Å². The number of unbranched alkanes of at least 4 members (excludes halogenated alkanes) is 12. The number of hydrogen-bond acceptors (Lipinski definition) is 0. The van der Waals surface area contributed by atoms with Crippen LogP contribution in [0.1, 0.15) is 103 Å². The maximum Gasteiger partial charge on any atom is 0.00313 e. The average Bonchev–Trinajstić information content (AvgIpc) is 2.57. The van der Waals surface area contributed by atoms with E-state index in [4.69, 9.17) is 0 Å². The van der Waals surface area contributed by atoms with Crippen LogP contribution in [0.3, 0.4) is 0 Å². The van der Waals surface area contributed by atoms with Crippen LogP contribution in [0, 0.1) is 5.92 Å². The molecule has 0 aromatic heterocycles. The van der Waals surface area contributed by atoms with Gasteiger partial charge in [0.25, 0.3) is 0 Å². The largest absolute Gasteiger partial charge is 0.103 e. The molecular formula is C21H40Br2. The minimum Gasteiger partial charge on any atom is -0.103 e. The molecule has 0 spiro atoms. The van der Waals surface area contributed by atoms with Crippen molar-refractivity contribution in [2.24, 2.45) is 5.92 Å². The van der Waals surface area contributed by atoms with Gasteiger partial charge in [0.1, 0.15) is 0 Å². The molecule has 2 heteroatoms. The molecule has 138 valence electrons. The molecule has 0 aliphatic rings. The Bertz CT molecular complexity index is 208. The number of hydrogen-bond donors (Lipinski definition) is 0. The Kier molecular flexibility index (Phi) is 21.4. The maximum absolute atomic E-state index is 4.05. The molecule has 0 aliphatic heterocycles. The third kappa shape index (κ3) is 18.9. The zero-order valence-electron chi connectivity index (χ0n) is 15.3. The molecular weight excluding hydrogens is 412 g/mol. The van der Waals surface area contributed by atoms with Crippen molar-refractivity contribution in [2.75, 3.05) is 10.7 Å². The molecule has 0 saturated heterocycles. The summed E-state index contributed by atoms with van der Waals surface area (Å²) in [4.78, 5) is 0. The van der Waals surface area contributed by atoms with Gasteiger partial charge in [-0.3, -0.25) is 0 Å². The average molecular weight is 452 g/mol. The Morgan fingerprint density at radius 2 is 0.826 bits per heavy atom. The van der Waals surface area contributed by atoms with Crippen LogP contribution in [0.4, 0.5) is 0 Å². The molecule has 0 atom stereocenters. The van der Waals surface area contributed by atoms with Gasteiger partial charge in [0, 0.05) is 10.7 Å². The minimum atomic E-state index is 0.775. The molecule has 0 radical (unpaired) electrons. The van der Waals surface area contributed by atoms with E-state index in [9.17, 15) is 0 Å². The summed E-state index contributed by atoms with van der Waals surface area (Å²) in [6.07, 6.45) is 24.7. The van der Waals surface area contributed by atoms with Gasteiger partial charge in [-0.05, 0) is 31.6 Å². The Balaban J connectivity index is 3.30. The quantitative estimate of drug-likeness (QED) is 0.104. The molecule has 0 heterocycles. The van der Waals surface area contributed by atoms with Crippen LogP contribution < -0.4 is 0 Å². The van der Waals surface area contributed by atoms with Gasteiger partial charge in [-0.2, -0.15) is 0 Å². The molecule has 0 aromatic rings. The van der Waals surface area contributed by atoms with Gasteiger partial charge in [0.15, 0.2) is 0 Å². The van der Waals surface area contributed by atoms with Crippen LogP contribution in [-0.2, 0) is 0 Å². The first-order valence-electron chi connectivity index (χ1n) is 10.1. The second-order valence-electron chi connectivity index (χ2n) is 6.90. The molecule has 0 aliphatic carbocycles. The summed E-state index contributed by atoms with van der Waals surface area (Å²) in [6.45, 7) is 4.05. The van der Waals surface area contributed by atoms with Crippen molar-refractivity contribution in [3.63, 3.8) is 0 Å². The molecule has 0 rings (SSSR count). The topological polar surface area (TPSA) is 0 Å². The summed E-state index contributed by atoms with van der Waals surface area (Å²) in [5.74, 6) is 0.775. The van der Waals surface area contributed by atoms with E-state index < -0.39 is 0 Å². The standard InChI is InChI=1S/C21H40Br2/c1-2-21(17-13-9-5-3-7-11-15-19-22)18-14-10-6-4-8-12-16-20-23/h2,21H,1,3-20H2. The minimum absolute atomic E-state index is 0.775. The predicted molar refractivity (Wildman–Crippen MR) is 115 cm³/mol. The van der Waals surface area contributed by atoms with Gasteiger partial charge >= 0.3 is 0 Å². The van der Waals surface area contributed by atoms with E-state index in [2.05, 4.69) is 44.5 Å². The van der Waals surface area contributed by atoms with Gasteiger partial charge in [0.05, 0.1) is 0 Å². The van der Waals surface area contributed by atoms with Crippen LogP contribution >= 0.6 is 31.9 Å². The highest BCUT2D eigenvalue weighted by molar-refractivity contribution is 9.09. The predicted octanol–water partition coefficient (Wildman–Crippen LogP) is 8.82. The summed E-state index contributed by atoms with van der Waals surface area (Å²) in [6, 6.07) is 0. The molecule has 0 unspecified atom stereocenters. The number of rotatable bonds is 19. The van der Waals surface area contributed by atoms with E-state index in [0.717, 1.165) is 5.92 Å². The number of allylic oxidation sites excluding steroid dienone is 1. The zero-order valence-corrected chi connectivity index (χ0v) is 18.5. The molecule has 0 N–H and O–H groups in total. The number of halogens is 2. The van der Waals surface area contributed by atoms with Crippen LogP contribution in [0.2, 0.25) is 0 Å². The highest BCUT2D eigenvalue weighted by Crippen LogP contribution is 2.20. The first-order valence-corrected chi connectivity index (χ1v) is 12.3. The fraction of sp³-hybridized carbons (Fsp3) is 0.905. The van der Waals surface area contributed by atoms with Crippen molar-refractivity contribution in [2.45, 2.75) is 103 Å². The van der Waals surface area contributed by atoms with Crippen molar-refractivity contribution in [3.8, 4) is 0 Å². The van der Waals surface area contributed by atoms with Crippen molar-refractivity contribution < 1.29 is 0 Å². The first kappa shape index (κ1) is 23.7. The summed E-state index contributed by atoms with van der Waals surface area (Å²) in [5.41, 5.74) is 0. The van der Waals surface area contributed by atoms with Crippen molar-refractivity contribution in [1.82, 2.24) is 0 Å². The lowest BCUT2D eigenvalue weighted by Crippen LogP contribution is -1.97. The van der Waals surface area contributed by atoms with Crippen LogP contribution in [0.15, 0.2) is 12.7 Å². The van der Waals surface area contributed by atoms with E-state index in [1.807, 2.05) is 0 Å². The lowest BCUT2D eigenvalue weighted by molar-refractivity contribution is 0.464. The molecule has 0 saturated carbocycles. The van der Waals surface area contributed by atoms with Crippen LogP contribution in [0.25, 0.3) is 0 Å². The second-order valence-corrected chi connectivity index (χ2v) is 8.49. The SMILES string of the molecule is C=CC(CCCCCCCCCBr)CCCCCCCCCBr. The molecule has 0 amide bonds. The van der Waals surface area contributed by atoms with Crippen molar-refractivity contribution >= 4 is 31.9 Å². The molecule has 0 nitrogen and oxygen atoms in total. The molecule has 23 heavy (non-hydrogen) atoms. The highest BCUT2D eigenvalue weighted by Gasteiger charge is 2.04. The van der Waals surface area contributed by atoms with Crippen LogP contribution in [-0.4, -0.2) is 10.7 Å². The Labute approximate surface area is 163 Å². The second kappa shape index (κ2) is 20.7. The van der Waals surface area contributed by atoms with Gasteiger partial charge < -0.3 is 0 Å². The van der Waals surface area contributed by atoms with Gasteiger partial charge in [-0.15, -0.1) is 6.58 Å². The van der Waals surface area contributed by atoms with Crippen molar-refractivity contribution in [3.05, 3.63) is 12.7 Å². The smallest absolute Gasteiger partial charge is 0.00313 e. The van der Waals surface area contributed by atoms with Crippen molar-refractivity contribution in [1.29, 1.82) is 0 Å². The molecule has 0 aromatic carbocycles. The van der Waals surface area contributed by atoms with E-state index >= 15 is 0 Å². The molecule has 0 bridgehead atoms. The van der Waals surface area contributed by atoms with E-state index in [-0.39, 0.29) is 0 Å². The summed E-state index contributed by atoms with van der Waals surface area (Å²) in [5, 5.41) is 2.34. The lowest BCUT2D eigenvalue weighted by Gasteiger charge is -2.12. The van der Waals surface area contributed by atoms with Crippen LogP contribution in [0.5, 0.6) is 0 Å². The van der Waals surface area contributed by atoms with E-state index in [1.54, 1.807) is 0 Å². The zero-order chi connectivity index (χ0) is 17.0. The lowest BCUT2D eigenvalue weighted by atomic mass is 9.94. The highest BCUT2D eigenvalue weighted by atomic mass is 79.9. The third-order valence-electron chi connectivity index (χ3n) is 4.75. The van der Waals surface area contributed by atoms with Gasteiger partial charge in [-0.1, -0.05) is 115 Å². The third-order valence-corrected chi connectivity index (χ3v) is 5.87. The summed E-state index contributed by atoms with van der Waals surface area (Å²) < 4.78 is 0. The summed E-state index contributed by atoms with van der Waals surface area (Å²) in [7, 11) is 0. The van der Waals surface area contributed by atoms with E-state index in [1.165, 1.54) is 113 Å². The Morgan fingerprint density at radius 1 is 0.522 bits per heavy atom. The fourth-order valence-electron chi connectivity index (χ4n) is 3.15. The molecule has 0 fully saturated rings. The Hall–Kier alpha value is 0.700. The Morgan fingerprint density at radius 3 is 1.13 bits per heavy atom. The first-order chi connectivity index (χ1) is 11.3. The van der Waals surface area contributed by atoms with Gasteiger partial charge in [-0.25, -0.2) is 0 Å².